The normalized spacial score (nSPS) is 23.3. The maximum Gasteiger partial charge on any atom is 0.407 e. The summed E-state index contributed by atoms with van der Waals surface area (Å²) in [7, 11) is 0. The summed E-state index contributed by atoms with van der Waals surface area (Å²) in [5.41, 5.74) is 1.35. The molecule has 0 aromatic heterocycles. The minimum absolute atomic E-state index is 0.160. The fourth-order valence-electron chi connectivity index (χ4n) is 2.86. The van der Waals surface area contributed by atoms with Crippen LogP contribution in [0, 0.1) is 0 Å². The van der Waals surface area contributed by atoms with Gasteiger partial charge in [-0.3, -0.25) is 0 Å². The average Bonchev–Trinajstić information content (AvgIpc) is 2.48. The molecule has 2 unspecified atom stereocenters. The molecule has 1 aromatic carbocycles. The summed E-state index contributed by atoms with van der Waals surface area (Å²) in [6.07, 6.45) is 0.668. The molecule has 4 nitrogen and oxygen atoms in total. The van der Waals surface area contributed by atoms with Crippen LogP contribution in [0.15, 0.2) is 30.3 Å². The van der Waals surface area contributed by atoms with Crippen LogP contribution in [0.2, 0.25) is 0 Å². The minimum atomic E-state index is -0.303. The molecule has 1 aliphatic heterocycles. The summed E-state index contributed by atoms with van der Waals surface area (Å²) in [6, 6.07) is 10.7. The van der Waals surface area contributed by atoms with Crippen molar-refractivity contribution < 1.29 is 9.53 Å². The molecule has 4 heteroatoms. The van der Waals surface area contributed by atoms with Gasteiger partial charge in [0.1, 0.15) is 0 Å². The summed E-state index contributed by atoms with van der Waals surface area (Å²) in [4.78, 5) is 14.0. The van der Waals surface area contributed by atoms with Crippen molar-refractivity contribution in [2.45, 2.75) is 32.2 Å². The fourth-order valence-corrected chi connectivity index (χ4v) is 2.86. The van der Waals surface area contributed by atoms with Crippen molar-refractivity contribution in [1.29, 1.82) is 0 Å². The van der Waals surface area contributed by atoms with Crippen LogP contribution in [0.25, 0.3) is 0 Å². The highest BCUT2D eigenvalue weighted by atomic mass is 16.5. The lowest BCUT2D eigenvalue weighted by Gasteiger charge is -2.37. The van der Waals surface area contributed by atoms with E-state index in [9.17, 15) is 4.79 Å². The third-order valence-electron chi connectivity index (χ3n) is 3.84. The van der Waals surface area contributed by atoms with E-state index in [0.29, 0.717) is 12.5 Å². The van der Waals surface area contributed by atoms with Crippen LogP contribution < -0.4 is 5.32 Å². The van der Waals surface area contributed by atoms with Gasteiger partial charge < -0.3 is 15.0 Å². The summed E-state index contributed by atoms with van der Waals surface area (Å²) >= 11 is 0. The van der Waals surface area contributed by atoms with Crippen molar-refractivity contribution in [3.05, 3.63) is 35.9 Å². The van der Waals surface area contributed by atoms with Crippen LogP contribution in [-0.4, -0.2) is 43.3 Å². The second-order valence-corrected chi connectivity index (χ2v) is 5.26. The third kappa shape index (κ3) is 3.97. The molecule has 110 valence electrons. The van der Waals surface area contributed by atoms with Gasteiger partial charge in [-0.15, -0.1) is 0 Å². The lowest BCUT2D eigenvalue weighted by atomic mass is 9.88. The zero-order valence-electron chi connectivity index (χ0n) is 12.3. The number of alkyl carbamates (subject to hydrolysis) is 1. The molecule has 1 N–H and O–H groups in total. The SMILES string of the molecule is CCOC(=O)NC1CC(c2ccccc2)CN(CC)C1. The van der Waals surface area contributed by atoms with Crippen LogP contribution in [-0.2, 0) is 4.74 Å². The van der Waals surface area contributed by atoms with E-state index in [4.69, 9.17) is 4.74 Å². The highest BCUT2D eigenvalue weighted by molar-refractivity contribution is 5.67. The number of rotatable bonds is 4. The molecule has 1 amide bonds. The number of carbonyl (C=O) groups excluding carboxylic acids is 1. The van der Waals surface area contributed by atoms with E-state index in [0.717, 1.165) is 26.1 Å². The van der Waals surface area contributed by atoms with Gasteiger partial charge in [-0.05, 0) is 31.4 Å². The molecule has 0 bridgehead atoms. The zero-order valence-corrected chi connectivity index (χ0v) is 12.3. The first-order valence-electron chi connectivity index (χ1n) is 7.43. The van der Waals surface area contributed by atoms with Gasteiger partial charge >= 0.3 is 6.09 Å². The fraction of sp³-hybridized carbons (Fsp3) is 0.562. The number of carbonyl (C=O) groups is 1. The lowest BCUT2D eigenvalue weighted by Crippen LogP contribution is -2.50. The van der Waals surface area contributed by atoms with E-state index in [1.54, 1.807) is 0 Å². The van der Waals surface area contributed by atoms with E-state index in [1.165, 1.54) is 5.56 Å². The monoisotopic (exact) mass is 276 g/mol. The summed E-state index contributed by atoms with van der Waals surface area (Å²) < 4.78 is 4.99. The lowest BCUT2D eigenvalue weighted by molar-refractivity contribution is 0.131. The van der Waals surface area contributed by atoms with E-state index < -0.39 is 0 Å². The van der Waals surface area contributed by atoms with E-state index in [2.05, 4.69) is 41.4 Å². The van der Waals surface area contributed by atoms with E-state index in [1.807, 2.05) is 13.0 Å². The van der Waals surface area contributed by atoms with Gasteiger partial charge in [-0.2, -0.15) is 0 Å². The Labute approximate surface area is 121 Å². The Kier molecular flexibility index (Phi) is 5.41. The Bertz CT molecular complexity index is 422. The van der Waals surface area contributed by atoms with Crippen LogP contribution in [0.4, 0.5) is 4.79 Å². The van der Waals surface area contributed by atoms with Crippen LogP contribution >= 0.6 is 0 Å². The predicted octanol–water partition coefficient (Wildman–Crippen LogP) is 2.61. The summed E-state index contributed by atoms with van der Waals surface area (Å²) in [5.74, 6) is 0.469. The Morgan fingerprint density at radius 1 is 1.30 bits per heavy atom. The Hall–Kier alpha value is -1.55. The number of nitrogens with one attached hydrogen (secondary N) is 1. The highest BCUT2D eigenvalue weighted by Gasteiger charge is 2.28. The summed E-state index contributed by atoms with van der Waals surface area (Å²) in [6.45, 7) is 7.36. The molecule has 0 spiro atoms. The summed E-state index contributed by atoms with van der Waals surface area (Å²) in [5, 5.41) is 2.98. The van der Waals surface area contributed by atoms with Gasteiger partial charge in [0.25, 0.3) is 0 Å². The molecule has 1 heterocycles. The molecule has 1 fully saturated rings. The van der Waals surface area contributed by atoms with Crippen LogP contribution in [0.3, 0.4) is 0 Å². The molecular weight excluding hydrogens is 252 g/mol. The number of hydrogen-bond acceptors (Lipinski definition) is 3. The van der Waals surface area contributed by atoms with Crippen molar-refractivity contribution >= 4 is 6.09 Å². The Balaban J connectivity index is 2.02. The quantitative estimate of drug-likeness (QED) is 0.919. The predicted molar refractivity (Wildman–Crippen MR) is 79.9 cm³/mol. The maximum atomic E-state index is 11.6. The molecular formula is C16H24N2O2. The number of likely N-dealkylation sites (tertiary alicyclic amines) is 1. The second kappa shape index (κ2) is 7.29. The largest absolute Gasteiger partial charge is 0.450 e. The molecule has 1 saturated heterocycles. The van der Waals surface area contributed by atoms with Gasteiger partial charge in [0.2, 0.25) is 0 Å². The molecule has 1 aliphatic rings. The third-order valence-corrected chi connectivity index (χ3v) is 3.84. The first kappa shape index (κ1) is 14.9. The zero-order chi connectivity index (χ0) is 14.4. The van der Waals surface area contributed by atoms with Gasteiger partial charge in [0.15, 0.2) is 0 Å². The molecule has 0 saturated carbocycles. The Morgan fingerprint density at radius 2 is 2.05 bits per heavy atom. The average molecular weight is 276 g/mol. The number of benzene rings is 1. The molecule has 1 aromatic rings. The molecule has 2 rings (SSSR count). The van der Waals surface area contributed by atoms with Gasteiger partial charge in [-0.1, -0.05) is 37.3 Å². The number of ether oxygens (including phenoxy) is 1. The maximum absolute atomic E-state index is 11.6. The minimum Gasteiger partial charge on any atom is -0.450 e. The van der Waals surface area contributed by atoms with Crippen molar-refractivity contribution in [2.75, 3.05) is 26.2 Å². The number of amides is 1. The number of hydrogen-bond donors (Lipinski definition) is 1. The topological polar surface area (TPSA) is 41.6 Å². The molecule has 20 heavy (non-hydrogen) atoms. The van der Waals surface area contributed by atoms with Crippen molar-refractivity contribution in [2.24, 2.45) is 0 Å². The number of likely N-dealkylation sites (N-methyl/N-ethyl adjacent to an activating group) is 1. The van der Waals surface area contributed by atoms with Gasteiger partial charge in [0, 0.05) is 19.1 Å². The second-order valence-electron chi connectivity index (χ2n) is 5.26. The van der Waals surface area contributed by atoms with E-state index >= 15 is 0 Å². The van der Waals surface area contributed by atoms with Crippen LogP contribution in [0.5, 0.6) is 0 Å². The van der Waals surface area contributed by atoms with Gasteiger partial charge in [0.05, 0.1) is 6.61 Å². The first-order chi connectivity index (χ1) is 9.72. The van der Waals surface area contributed by atoms with Crippen LogP contribution in [0.1, 0.15) is 31.7 Å². The van der Waals surface area contributed by atoms with Crippen molar-refractivity contribution in [3.63, 3.8) is 0 Å². The van der Waals surface area contributed by atoms with Crippen molar-refractivity contribution in [1.82, 2.24) is 10.2 Å². The smallest absolute Gasteiger partial charge is 0.407 e. The molecule has 2 atom stereocenters. The van der Waals surface area contributed by atoms with Crippen molar-refractivity contribution in [3.8, 4) is 0 Å². The number of nitrogens with zero attached hydrogens (tertiary/aromatic N) is 1. The Morgan fingerprint density at radius 3 is 2.70 bits per heavy atom. The first-order valence-corrected chi connectivity index (χ1v) is 7.43. The molecule has 0 aliphatic carbocycles. The highest BCUT2D eigenvalue weighted by Crippen LogP contribution is 2.26. The van der Waals surface area contributed by atoms with E-state index in [-0.39, 0.29) is 12.1 Å². The number of piperidine rings is 1. The van der Waals surface area contributed by atoms with Gasteiger partial charge in [-0.25, -0.2) is 4.79 Å². The standard InChI is InChI=1S/C16H24N2O2/c1-3-18-11-14(13-8-6-5-7-9-13)10-15(12-18)17-16(19)20-4-2/h5-9,14-15H,3-4,10-12H2,1-2H3,(H,17,19). The molecule has 0 radical (unpaired) electrons.